The molecule has 0 spiro atoms. The van der Waals surface area contributed by atoms with Gasteiger partial charge >= 0.3 is 0 Å². The Kier molecular flexibility index (Phi) is 5.93. The minimum Gasteiger partial charge on any atom is -0.383 e. The third kappa shape index (κ3) is 4.62. The van der Waals surface area contributed by atoms with Gasteiger partial charge in [-0.1, -0.05) is 18.9 Å². The Morgan fingerprint density at radius 3 is 2.81 bits per heavy atom. The largest absolute Gasteiger partial charge is 0.383 e. The van der Waals surface area contributed by atoms with Gasteiger partial charge in [-0.2, -0.15) is 0 Å². The zero-order valence-corrected chi connectivity index (χ0v) is 16.5. The van der Waals surface area contributed by atoms with Gasteiger partial charge in [0.15, 0.2) is 11.8 Å². The molecule has 26 heavy (non-hydrogen) atoms. The number of aliphatic hydroxyl groups is 1. The SMILES string of the molecule is Cc1nnc(CN=C(NCC(C)(O)c2cccs2)NC2CCCC2)n1C. The molecule has 2 heterocycles. The molecule has 3 N–H and O–H groups in total. The van der Waals surface area contributed by atoms with E-state index in [4.69, 9.17) is 0 Å². The summed E-state index contributed by atoms with van der Waals surface area (Å²) in [6.45, 7) is 4.59. The van der Waals surface area contributed by atoms with E-state index in [-0.39, 0.29) is 0 Å². The van der Waals surface area contributed by atoms with Gasteiger partial charge in [0, 0.05) is 18.0 Å². The third-order valence-electron chi connectivity index (χ3n) is 4.91. The van der Waals surface area contributed by atoms with Gasteiger partial charge in [0.2, 0.25) is 0 Å². The van der Waals surface area contributed by atoms with Crippen molar-refractivity contribution >= 4 is 17.3 Å². The van der Waals surface area contributed by atoms with Crippen molar-refractivity contribution < 1.29 is 5.11 Å². The first kappa shape index (κ1) is 18.8. The van der Waals surface area contributed by atoms with Gasteiger partial charge < -0.3 is 20.3 Å². The maximum Gasteiger partial charge on any atom is 0.192 e. The monoisotopic (exact) mass is 376 g/mol. The fraction of sp³-hybridized carbons (Fsp3) is 0.611. The lowest BCUT2D eigenvalue weighted by atomic mass is 10.1. The smallest absolute Gasteiger partial charge is 0.192 e. The first-order valence-electron chi connectivity index (χ1n) is 9.12. The molecule has 1 unspecified atom stereocenters. The van der Waals surface area contributed by atoms with Crippen LogP contribution < -0.4 is 10.6 Å². The van der Waals surface area contributed by atoms with Gasteiger partial charge in [-0.3, -0.25) is 0 Å². The molecule has 1 aliphatic carbocycles. The first-order chi connectivity index (χ1) is 12.5. The van der Waals surface area contributed by atoms with Gasteiger partial charge in [-0.15, -0.1) is 21.5 Å². The van der Waals surface area contributed by atoms with E-state index in [2.05, 4.69) is 25.8 Å². The molecular weight excluding hydrogens is 348 g/mol. The van der Waals surface area contributed by atoms with Crippen molar-refractivity contribution in [3.63, 3.8) is 0 Å². The molecule has 0 radical (unpaired) electrons. The number of thiophene rings is 1. The fourth-order valence-electron chi connectivity index (χ4n) is 3.08. The van der Waals surface area contributed by atoms with Crippen molar-refractivity contribution in [3.8, 4) is 0 Å². The topological polar surface area (TPSA) is 87.4 Å². The first-order valence-corrected chi connectivity index (χ1v) is 10.00. The number of hydrogen-bond donors (Lipinski definition) is 3. The second-order valence-corrected chi connectivity index (χ2v) is 8.07. The maximum atomic E-state index is 10.8. The van der Waals surface area contributed by atoms with Crippen LogP contribution in [0.4, 0.5) is 0 Å². The van der Waals surface area contributed by atoms with Gasteiger partial charge in [0.1, 0.15) is 18.0 Å². The lowest BCUT2D eigenvalue weighted by Gasteiger charge is -2.25. The Balaban J connectivity index is 1.68. The molecular formula is C18H28N6OS. The summed E-state index contributed by atoms with van der Waals surface area (Å²) in [6.07, 6.45) is 4.82. The van der Waals surface area contributed by atoms with E-state index in [0.29, 0.717) is 19.1 Å². The molecule has 2 aromatic heterocycles. The minimum absolute atomic E-state index is 0.393. The van der Waals surface area contributed by atoms with E-state index in [0.717, 1.165) is 35.3 Å². The number of aromatic nitrogens is 3. The van der Waals surface area contributed by atoms with E-state index < -0.39 is 5.60 Å². The van der Waals surface area contributed by atoms with Crippen LogP contribution in [-0.4, -0.2) is 38.4 Å². The van der Waals surface area contributed by atoms with E-state index in [1.54, 1.807) is 11.3 Å². The summed E-state index contributed by atoms with van der Waals surface area (Å²) in [5.41, 5.74) is -0.937. The molecule has 1 fully saturated rings. The number of nitrogens with zero attached hydrogens (tertiary/aromatic N) is 4. The van der Waals surface area contributed by atoms with Crippen LogP contribution in [0.5, 0.6) is 0 Å². The highest BCUT2D eigenvalue weighted by molar-refractivity contribution is 7.10. The number of aryl methyl sites for hydroxylation is 1. The molecule has 0 aromatic carbocycles. The summed E-state index contributed by atoms with van der Waals surface area (Å²) in [5, 5.41) is 27.8. The van der Waals surface area contributed by atoms with Crippen LogP contribution in [0.2, 0.25) is 0 Å². The number of nitrogens with one attached hydrogen (secondary N) is 2. The van der Waals surface area contributed by atoms with Crippen LogP contribution >= 0.6 is 11.3 Å². The van der Waals surface area contributed by atoms with Crippen molar-refractivity contribution in [2.75, 3.05) is 6.54 Å². The minimum atomic E-state index is -0.937. The van der Waals surface area contributed by atoms with Crippen LogP contribution in [0.15, 0.2) is 22.5 Å². The Labute approximate surface area is 158 Å². The van der Waals surface area contributed by atoms with Crippen LogP contribution in [0.25, 0.3) is 0 Å². The van der Waals surface area contributed by atoms with Gasteiger partial charge in [0.25, 0.3) is 0 Å². The number of guanidine groups is 1. The molecule has 0 saturated heterocycles. The Morgan fingerprint density at radius 1 is 1.42 bits per heavy atom. The van der Waals surface area contributed by atoms with E-state index in [9.17, 15) is 5.11 Å². The molecule has 0 bridgehead atoms. The highest BCUT2D eigenvalue weighted by Crippen LogP contribution is 2.24. The van der Waals surface area contributed by atoms with Crippen molar-refractivity contribution in [2.45, 2.75) is 57.7 Å². The van der Waals surface area contributed by atoms with E-state index in [1.807, 2.05) is 43.0 Å². The van der Waals surface area contributed by atoms with Gasteiger partial charge in [0.05, 0.1) is 6.54 Å². The quantitative estimate of drug-likeness (QED) is 0.531. The Hall–Kier alpha value is -1.93. The fourth-order valence-corrected chi connectivity index (χ4v) is 3.87. The highest BCUT2D eigenvalue weighted by atomic mass is 32.1. The number of hydrogen-bond acceptors (Lipinski definition) is 5. The normalized spacial score (nSPS) is 18.1. The van der Waals surface area contributed by atoms with Crippen LogP contribution in [0.1, 0.15) is 49.1 Å². The number of aliphatic imine (C=N–C) groups is 1. The van der Waals surface area contributed by atoms with E-state index in [1.165, 1.54) is 12.8 Å². The zero-order chi connectivity index (χ0) is 18.6. The van der Waals surface area contributed by atoms with Crippen LogP contribution in [0, 0.1) is 6.92 Å². The van der Waals surface area contributed by atoms with Crippen LogP contribution in [-0.2, 0) is 19.2 Å². The Bertz CT molecular complexity index is 731. The molecule has 0 aliphatic heterocycles. The molecule has 1 saturated carbocycles. The lowest BCUT2D eigenvalue weighted by Crippen LogP contribution is -2.47. The van der Waals surface area contributed by atoms with Crippen molar-refractivity contribution in [1.29, 1.82) is 0 Å². The molecule has 7 nitrogen and oxygen atoms in total. The van der Waals surface area contributed by atoms with Crippen LogP contribution in [0.3, 0.4) is 0 Å². The summed E-state index contributed by atoms with van der Waals surface area (Å²) >= 11 is 1.56. The zero-order valence-electron chi connectivity index (χ0n) is 15.7. The number of rotatable bonds is 6. The summed E-state index contributed by atoms with van der Waals surface area (Å²) in [6, 6.07) is 4.35. The summed E-state index contributed by atoms with van der Waals surface area (Å²) in [5.74, 6) is 2.41. The molecule has 8 heteroatoms. The molecule has 0 amide bonds. The highest BCUT2D eigenvalue weighted by Gasteiger charge is 2.25. The average molecular weight is 377 g/mol. The maximum absolute atomic E-state index is 10.8. The molecule has 2 aromatic rings. The summed E-state index contributed by atoms with van der Waals surface area (Å²) in [4.78, 5) is 5.62. The Morgan fingerprint density at radius 2 is 2.19 bits per heavy atom. The predicted octanol–water partition coefficient (Wildman–Crippen LogP) is 2.07. The predicted molar refractivity (Wildman–Crippen MR) is 104 cm³/mol. The molecule has 3 rings (SSSR count). The standard InChI is InChI=1S/C18H28N6OS/c1-13-22-23-16(24(13)3)11-19-17(21-14-7-4-5-8-14)20-12-18(2,25)15-9-6-10-26-15/h6,9-10,14,25H,4-5,7-8,11-12H2,1-3H3,(H2,19,20,21). The average Bonchev–Trinajstić information content (AvgIpc) is 3.36. The van der Waals surface area contributed by atoms with Crippen molar-refractivity contribution in [3.05, 3.63) is 34.0 Å². The van der Waals surface area contributed by atoms with Crippen molar-refractivity contribution in [2.24, 2.45) is 12.0 Å². The van der Waals surface area contributed by atoms with E-state index >= 15 is 0 Å². The summed E-state index contributed by atoms with van der Waals surface area (Å²) in [7, 11) is 1.94. The molecule has 142 valence electrons. The summed E-state index contributed by atoms with van der Waals surface area (Å²) < 4.78 is 1.94. The second-order valence-electron chi connectivity index (χ2n) is 7.12. The third-order valence-corrected chi connectivity index (χ3v) is 6.03. The van der Waals surface area contributed by atoms with Crippen molar-refractivity contribution in [1.82, 2.24) is 25.4 Å². The molecule has 1 aliphatic rings. The second kappa shape index (κ2) is 8.18. The van der Waals surface area contributed by atoms with Gasteiger partial charge in [-0.25, -0.2) is 4.99 Å². The lowest BCUT2D eigenvalue weighted by molar-refractivity contribution is 0.0654. The molecule has 1 atom stereocenters. The van der Waals surface area contributed by atoms with Gasteiger partial charge in [-0.05, 0) is 38.1 Å².